The minimum absolute atomic E-state index is 0.158. The Morgan fingerprint density at radius 3 is 3.00 bits per heavy atom. The number of rotatable bonds is 6. The Hall–Kier alpha value is -0.900. The molecule has 0 aliphatic carbocycles. The van der Waals surface area contributed by atoms with Gasteiger partial charge in [0.2, 0.25) is 5.91 Å². The lowest BCUT2D eigenvalue weighted by molar-refractivity contribution is -0.121. The second-order valence-corrected chi connectivity index (χ2v) is 4.53. The first-order valence-electron chi connectivity index (χ1n) is 5.40. The molecule has 0 aliphatic heterocycles. The van der Waals surface area contributed by atoms with Gasteiger partial charge in [0.05, 0.1) is 5.01 Å². The van der Waals surface area contributed by atoms with Crippen LogP contribution >= 0.6 is 11.3 Å². The number of aryl methyl sites for hydroxylation is 1. The van der Waals surface area contributed by atoms with Crippen LogP contribution in [0.4, 0.5) is 0 Å². The average molecular weight is 226 g/mol. The fraction of sp³-hybridized carbons (Fsp3) is 0.636. The quantitative estimate of drug-likeness (QED) is 0.808. The SMILES string of the molecule is CCCCC(=O)NCCc1nc(C)cs1. The Labute approximate surface area is 94.9 Å². The Morgan fingerprint density at radius 1 is 1.60 bits per heavy atom. The zero-order valence-corrected chi connectivity index (χ0v) is 10.2. The van der Waals surface area contributed by atoms with Gasteiger partial charge in [0.25, 0.3) is 0 Å². The van der Waals surface area contributed by atoms with Crippen molar-refractivity contribution < 1.29 is 4.79 Å². The van der Waals surface area contributed by atoms with Gasteiger partial charge in [0.1, 0.15) is 0 Å². The first-order chi connectivity index (χ1) is 7.22. The topological polar surface area (TPSA) is 42.0 Å². The molecule has 0 bridgehead atoms. The molecular weight excluding hydrogens is 208 g/mol. The summed E-state index contributed by atoms with van der Waals surface area (Å²) in [5.74, 6) is 0.158. The van der Waals surface area contributed by atoms with Crippen LogP contribution in [0.3, 0.4) is 0 Å². The maximum absolute atomic E-state index is 11.3. The zero-order valence-electron chi connectivity index (χ0n) is 9.38. The zero-order chi connectivity index (χ0) is 11.1. The van der Waals surface area contributed by atoms with Crippen molar-refractivity contribution >= 4 is 17.2 Å². The number of unbranched alkanes of at least 4 members (excludes halogenated alkanes) is 1. The lowest BCUT2D eigenvalue weighted by Crippen LogP contribution is -2.25. The van der Waals surface area contributed by atoms with Gasteiger partial charge in [-0.3, -0.25) is 4.79 Å². The highest BCUT2D eigenvalue weighted by molar-refractivity contribution is 7.09. The smallest absolute Gasteiger partial charge is 0.220 e. The predicted octanol–water partition coefficient (Wildman–Crippen LogP) is 2.30. The maximum Gasteiger partial charge on any atom is 0.220 e. The van der Waals surface area contributed by atoms with E-state index in [0.29, 0.717) is 13.0 Å². The lowest BCUT2D eigenvalue weighted by atomic mass is 10.2. The number of nitrogens with one attached hydrogen (secondary N) is 1. The van der Waals surface area contributed by atoms with E-state index in [1.807, 2.05) is 12.3 Å². The summed E-state index contributed by atoms with van der Waals surface area (Å²) in [6.07, 6.45) is 3.53. The van der Waals surface area contributed by atoms with Crippen LogP contribution in [0.2, 0.25) is 0 Å². The first-order valence-corrected chi connectivity index (χ1v) is 6.28. The van der Waals surface area contributed by atoms with Crippen LogP contribution in [0, 0.1) is 6.92 Å². The molecule has 15 heavy (non-hydrogen) atoms. The molecule has 0 unspecified atom stereocenters. The first kappa shape index (κ1) is 12.2. The molecule has 3 nitrogen and oxygen atoms in total. The second-order valence-electron chi connectivity index (χ2n) is 3.59. The molecule has 1 aromatic rings. The van der Waals surface area contributed by atoms with Crippen molar-refractivity contribution in [3.8, 4) is 0 Å². The minimum Gasteiger partial charge on any atom is -0.356 e. The summed E-state index contributed by atoms with van der Waals surface area (Å²) < 4.78 is 0. The van der Waals surface area contributed by atoms with E-state index in [9.17, 15) is 4.79 Å². The van der Waals surface area contributed by atoms with E-state index < -0.39 is 0 Å². The van der Waals surface area contributed by atoms with Gasteiger partial charge in [-0.1, -0.05) is 13.3 Å². The average Bonchev–Trinajstić information content (AvgIpc) is 2.61. The number of thiazole rings is 1. The van der Waals surface area contributed by atoms with Crippen molar-refractivity contribution in [1.29, 1.82) is 0 Å². The van der Waals surface area contributed by atoms with Crippen molar-refractivity contribution in [2.75, 3.05) is 6.54 Å². The van der Waals surface area contributed by atoms with E-state index in [-0.39, 0.29) is 5.91 Å². The van der Waals surface area contributed by atoms with E-state index in [1.165, 1.54) is 0 Å². The van der Waals surface area contributed by atoms with Gasteiger partial charge >= 0.3 is 0 Å². The van der Waals surface area contributed by atoms with Crippen molar-refractivity contribution in [3.05, 3.63) is 16.1 Å². The molecule has 0 saturated carbocycles. The molecule has 0 fully saturated rings. The number of hydrogen-bond acceptors (Lipinski definition) is 3. The summed E-state index contributed by atoms with van der Waals surface area (Å²) in [5, 5.41) is 6.04. The standard InChI is InChI=1S/C11H18N2OS/c1-3-4-5-10(14)12-7-6-11-13-9(2)8-15-11/h8H,3-7H2,1-2H3,(H,12,14). The molecule has 1 amide bonds. The highest BCUT2D eigenvalue weighted by Crippen LogP contribution is 2.08. The fourth-order valence-corrected chi connectivity index (χ4v) is 2.03. The monoisotopic (exact) mass is 226 g/mol. The summed E-state index contributed by atoms with van der Waals surface area (Å²) >= 11 is 1.66. The highest BCUT2D eigenvalue weighted by Gasteiger charge is 2.01. The third-order valence-corrected chi connectivity index (χ3v) is 3.11. The van der Waals surface area contributed by atoms with E-state index >= 15 is 0 Å². The number of aromatic nitrogens is 1. The number of carbonyl (C=O) groups excluding carboxylic acids is 1. The Bertz CT molecular complexity index is 309. The van der Waals surface area contributed by atoms with Crippen molar-refractivity contribution in [3.63, 3.8) is 0 Å². The molecule has 1 heterocycles. The molecule has 1 aromatic heterocycles. The number of hydrogen-bond donors (Lipinski definition) is 1. The largest absolute Gasteiger partial charge is 0.356 e. The predicted molar refractivity (Wildman–Crippen MR) is 63.1 cm³/mol. The molecule has 0 spiro atoms. The van der Waals surface area contributed by atoms with Gasteiger partial charge in [0, 0.05) is 30.5 Å². The fourth-order valence-electron chi connectivity index (χ4n) is 1.25. The van der Waals surface area contributed by atoms with Crippen LogP contribution in [0.25, 0.3) is 0 Å². The van der Waals surface area contributed by atoms with Crippen LogP contribution in [0.15, 0.2) is 5.38 Å². The number of carbonyl (C=O) groups is 1. The van der Waals surface area contributed by atoms with Gasteiger partial charge in [-0.05, 0) is 13.3 Å². The van der Waals surface area contributed by atoms with Crippen LogP contribution in [0.5, 0.6) is 0 Å². The van der Waals surface area contributed by atoms with Crippen LogP contribution in [0.1, 0.15) is 36.9 Å². The summed E-state index contributed by atoms with van der Waals surface area (Å²) in [4.78, 5) is 15.6. The number of amides is 1. The molecule has 84 valence electrons. The molecule has 0 radical (unpaired) electrons. The molecule has 0 saturated heterocycles. The van der Waals surface area contributed by atoms with Gasteiger partial charge in [-0.15, -0.1) is 11.3 Å². The van der Waals surface area contributed by atoms with Crippen molar-refractivity contribution in [2.45, 2.75) is 39.5 Å². The summed E-state index contributed by atoms with van der Waals surface area (Å²) in [7, 11) is 0. The van der Waals surface area contributed by atoms with Gasteiger partial charge in [0.15, 0.2) is 0 Å². The molecule has 1 rings (SSSR count). The number of nitrogens with zero attached hydrogens (tertiary/aromatic N) is 1. The van der Waals surface area contributed by atoms with Gasteiger partial charge in [-0.25, -0.2) is 4.98 Å². The third kappa shape index (κ3) is 4.93. The van der Waals surface area contributed by atoms with E-state index in [4.69, 9.17) is 0 Å². The second kappa shape index (κ2) is 6.56. The van der Waals surface area contributed by atoms with Crippen LogP contribution in [-0.4, -0.2) is 17.4 Å². The minimum atomic E-state index is 0.158. The van der Waals surface area contributed by atoms with Crippen molar-refractivity contribution in [1.82, 2.24) is 10.3 Å². The van der Waals surface area contributed by atoms with E-state index in [2.05, 4.69) is 17.2 Å². The summed E-state index contributed by atoms with van der Waals surface area (Å²) in [6, 6.07) is 0. The lowest BCUT2D eigenvalue weighted by Gasteiger charge is -2.02. The van der Waals surface area contributed by atoms with Crippen LogP contribution < -0.4 is 5.32 Å². The van der Waals surface area contributed by atoms with E-state index in [0.717, 1.165) is 30.0 Å². The van der Waals surface area contributed by atoms with Crippen LogP contribution in [-0.2, 0) is 11.2 Å². The maximum atomic E-state index is 11.3. The van der Waals surface area contributed by atoms with E-state index in [1.54, 1.807) is 11.3 Å². The molecule has 0 atom stereocenters. The molecule has 1 N–H and O–H groups in total. The summed E-state index contributed by atoms with van der Waals surface area (Å²) in [6.45, 7) is 4.78. The molecular formula is C11H18N2OS. The molecule has 0 aromatic carbocycles. The van der Waals surface area contributed by atoms with Gasteiger partial charge < -0.3 is 5.32 Å². The third-order valence-electron chi connectivity index (χ3n) is 2.08. The Kier molecular flexibility index (Phi) is 5.32. The van der Waals surface area contributed by atoms with Crippen molar-refractivity contribution in [2.24, 2.45) is 0 Å². The van der Waals surface area contributed by atoms with Gasteiger partial charge in [-0.2, -0.15) is 0 Å². The molecule has 0 aliphatic rings. The molecule has 4 heteroatoms. The summed E-state index contributed by atoms with van der Waals surface area (Å²) in [5.41, 5.74) is 1.06. The Balaban J connectivity index is 2.13. The Morgan fingerprint density at radius 2 is 2.40 bits per heavy atom. The normalized spacial score (nSPS) is 10.3. The highest BCUT2D eigenvalue weighted by atomic mass is 32.1.